The predicted octanol–water partition coefficient (Wildman–Crippen LogP) is 4.22. The van der Waals surface area contributed by atoms with Gasteiger partial charge in [-0.1, -0.05) is 32.8 Å². The van der Waals surface area contributed by atoms with Crippen molar-refractivity contribution in [2.24, 2.45) is 34.0 Å². The molecule has 4 rings (SSSR count). The average molecular weight is 418 g/mol. The number of hydrogen-bond donors (Lipinski definition) is 2. The molecule has 0 aliphatic heterocycles. The second-order valence-electron chi connectivity index (χ2n) is 10.3. The number of ether oxygens (including phenoxy) is 1. The molecule has 0 amide bonds. The standard InChI is InChI=1S/C24H33O6/c1-4-9-24(20(26)27)11-8-17-15-6-5-14-12-18(25)19(30-21(28)29)13-22(14,2)16(15)7-10-23(17,24)3/h12-13,15-17,21,28H,4-11H2,1-3H3,(H,26,27)/t15?,16?,17?,21?,22-,23-,24+/m0/s1. The number of carbonyl (C=O) groups is 2. The number of hydrogen-bond acceptors (Lipinski definition) is 4. The Labute approximate surface area is 178 Å². The van der Waals surface area contributed by atoms with Gasteiger partial charge in [0.15, 0.2) is 5.76 Å². The average Bonchev–Trinajstić information content (AvgIpc) is 2.96. The van der Waals surface area contributed by atoms with Crippen molar-refractivity contribution in [2.75, 3.05) is 0 Å². The van der Waals surface area contributed by atoms with Crippen molar-refractivity contribution in [1.29, 1.82) is 0 Å². The van der Waals surface area contributed by atoms with E-state index in [4.69, 9.17) is 9.84 Å². The van der Waals surface area contributed by atoms with Crippen molar-refractivity contribution in [3.8, 4) is 0 Å². The number of aliphatic hydroxyl groups is 1. The van der Waals surface area contributed by atoms with Gasteiger partial charge in [-0.05, 0) is 80.3 Å². The van der Waals surface area contributed by atoms with Crippen molar-refractivity contribution in [1.82, 2.24) is 0 Å². The lowest BCUT2D eigenvalue weighted by Crippen LogP contribution is -2.54. The highest BCUT2D eigenvalue weighted by molar-refractivity contribution is 6.04. The lowest BCUT2D eigenvalue weighted by Gasteiger charge is -2.58. The lowest BCUT2D eigenvalue weighted by molar-refractivity contribution is -0.247. The Morgan fingerprint density at radius 3 is 2.57 bits per heavy atom. The summed E-state index contributed by atoms with van der Waals surface area (Å²) in [5, 5.41) is 30.5. The van der Waals surface area contributed by atoms with E-state index in [0.717, 1.165) is 56.9 Å². The molecular formula is C24H33O6. The van der Waals surface area contributed by atoms with Crippen LogP contribution in [0.3, 0.4) is 0 Å². The minimum Gasteiger partial charge on any atom is -0.481 e. The Morgan fingerprint density at radius 1 is 1.23 bits per heavy atom. The first-order valence-corrected chi connectivity index (χ1v) is 11.3. The Kier molecular flexibility index (Phi) is 5.17. The molecule has 0 spiro atoms. The van der Waals surface area contributed by atoms with E-state index in [1.807, 2.05) is 0 Å². The molecule has 3 fully saturated rings. The van der Waals surface area contributed by atoms with Gasteiger partial charge in [-0.2, -0.15) is 5.11 Å². The molecule has 4 unspecified atom stereocenters. The molecule has 0 heterocycles. The molecule has 0 aromatic rings. The molecule has 165 valence electrons. The summed E-state index contributed by atoms with van der Waals surface area (Å²) in [6.07, 6.45) is 10.1. The van der Waals surface area contributed by atoms with Gasteiger partial charge in [0.05, 0.1) is 5.41 Å². The first kappa shape index (κ1) is 21.6. The largest absolute Gasteiger partial charge is 0.481 e. The maximum atomic E-state index is 12.5. The van der Waals surface area contributed by atoms with Crippen LogP contribution in [0.1, 0.15) is 72.1 Å². The summed E-state index contributed by atoms with van der Waals surface area (Å²) in [5.41, 5.74) is -0.192. The molecule has 0 aromatic heterocycles. The van der Waals surface area contributed by atoms with Crippen LogP contribution in [0.2, 0.25) is 0 Å². The number of aliphatic carboxylic acids is 1. The highest BCUT2D eigenvalue weighted by Gasteiger charge is 2.66. The molecule has 6 nitrogen and oxygen atoms in total. The number of allylic oxidation sites excluding steroid dienone is 3. The molecule has 0 bridgehead atoms. The molecule has 2 N–H and O–H groups in total. The normalized spacial score (nSPS) is 42.7. The van der Waals surface area contributed by atoms with Gasteiger partial charge < -0.3 is 14.9 Å². The number of aliphatic hydroxyl groups excluding tert-OH is 1. The number of carbonyl (C=O) groups excluding carboxylic acids is 1. The molecule has 6 heteroatoms. The van der Waals surface area contributed by atoms with Crippen LogP contribution in [0.4, 0.5) is 0 Å². The van der Waals surface area contributed by atoms with Gasteiger partial charge in [-0.3, -0.25) is 9.59 Å². The van der Waals surface area contributed by atoms with Crippen molar-refractivity contribution >= 4 is 11.8 Å². The van der Waals surface area contributed by atoms with Crippen LogP contribution in [0.15, 0.2) is 23.5 Å². The zero-order valence-corrected chi connectivity index (χ0v) is 18.1. The van der Waals surface area contributed by atoms with Crippen LogP contribution in [-0.4, -0.2) is 28.4 Å². The van der Waals surface area contributed by atoms with Gasteiger partial charge in [0, 0.05) is 5.41 Å². The van der Waals surface area contributed by atoms with Crippen molar-refractivity contribution in [3.63, 3.8) is 0 Å². The van der Waals surface area contributed by atoms with Crippen LogP contribution in [-0.2, 0) is 19.4 Å². The van der Waals surface area contributed by atoms with Crippen LogP contribution >= 0.6 is 0 Å². The van der Waals surface area contributed by atoms with Crippen molar-refractivity contribution in [2.45, 2.75) is 78.6 Å². The molecule has 4 aliphatic rings. The van der Waals surface area contributed by atoms with Gasteiger partial charge in [-0.25, -0.2) is 0 Å². The van der Waals surface area contributed by atoms with E-state index in [9.17, 15) is 19.8 Å². The second kappa shape index (κ2) is 7.20. The monoisotopic (exact) mass is 417 g/mol. The lowest BCUT2D eigenvalue weighted by atomic mass is 9.45. The van der Waals surface area contributed by atoms with E-state index in [2.05, 4.69) is 20.8 Å². The SMILES string of the molecule is CCC[C@]1(C(=O)O)CCC2C3CCC4=CC(=O)C(OC([O])O)=C[C@]4(C)C3CC[C@@]21C. The fourth-order valence-electron chi connectivity index (χ4n) is 7.89. The smallest absolute Gasteiger partial charge is 0.342 e. The third-order valence-electron chi connectivity index (χ3n) is 9.30. The summed E-state index contributed by atoms with van der Waals surface area (Å²) in [5.74, 6) is -0.0548. The summed E-state index contributed by atoms with van der Waals surface area (Å²) in [6, 6.07) is 0. The molecule has 0 saturated heterocycles. The molecule has 1 radical (unpaired) electrons. The fourth-order valence-corrected chi connectivity index (χ4v) is 7.89. The molecule has 7 atom stereocenters. The molecule has 0 aromatic carbocycles. The summed E-state index contributed by atoms with van der Waals surface area (Å²) < 4.78 is 4.89. The topological polar surface area (TPSA) is 104 Å². The molecule has 30 heavy (non-hydrogen) atoms. The van der Waals surface area contributed by atoms with Crippen LogP contribution in [0.25, 0.3) is 0 Å². The number of carboxylic acids is 1. The Morgan fingerprint density at radius 2 is 1.93 bits per heavy atom. The third kappa shape index (κ3) is 2.83. The Hall–Kier alpha value is -1.66. The van der Waals surface area contributed by atoms with Crippen LogP contribution in [0.5, 0.6) is 0 Å². The maximum absolute atomic E-state index is 12.5. The van der Waals surface area contributed by atoms with Crippen molar-refractivity contribution in [3.05, 3.63) is 23.5 Å². The number of fused-ring (bicyclic) bond motifs is 5. The molecular weight excluding hydrogens is 384 g/mol. The summed E-state index contributed by atoms with van der Waals surface area (Å²) in [4.78, 5) is 24.8. The van der Waals surface area contributed by atoms with Gasteiger partial charge in [0.1, 0.15) is 0 Å². The highest BCUT2D eigenvalue weighted by atomic mass is 16.7. The zero-order chi connectivity index (χ0) is 21.9. The third-order valence-corrected chi connectivity index (χ3v) is 9.30. The van der Waals surface area contributed by atoms with E-state index in [1.54, 1.807) is 12.2 Å². The number of carboxylic acid groups (broad SMARTS) is 1. The highest BCUT2D eigenvalue weighted by Crippen LogP contribution is 2.70. The quantitative estimate of drug-likeness (QED) is 0.652. The maximum Gasteiger partial charge on any atom is 0.342 e. The van der Waals surface area contributed by atoms with Crippen molar-refractivity contribution < 1.29 is 29.6 Å². The first-order chi connectivity index (χ1) is 14.1. The minimum atomic E-state index is -2.27. The Balaban J connectivity index is 1.70. The summed E-state index contributed by atoms with van der Waals surface area (Å²) in [7, 11) is 0. The fraction of sp³-hybridized carbons (Fsp3) is 0.750. The molecule has 3 saturated carbocycles. The second-order valence-corrected chi connectivity index (χ2v) is 10.3. The van der Waals surface area contributed by atoms with Gasteiger partial charge >= 0.3 is 12.4 Å². The Bertz CT molecular complexity index is 813. The van der Waals surface area contributed by atoms with Gasteiger partial charge in [0.25, 0.3) is 0 Å². The van der Waals surface area contributed by atoms with Crippen LogP contribution < -0.4 is 0 Å². The summed E-state index contributed by atoms with van der Waals surface area (Å²) >= 11 is 0. The van der Waals surface area contributed by atoms with E-state index < -0.39 is 23.3 Å². The molecule has 4 aliphatic carbocycles. The minimum absolute atomic E-state index is 0.0602. The van der Waals surface area contributed by atoms with Crippen LogP contribution in [0, 0.1) is 34.0 Å². The van der Waals surface area contributed by atoms with E-state index in [-0.39, 0.29) is 22.9 Å². The van der Waals surface area contributed by atoms with E-state index >= 15 is 0 Å². The van der Waals surface area contributed by atoms with E-state index in [0.29, 0.717) is 11.8 Å². The van der Waals surface area contributed by atoms with E-state index in [1.165, 1.54) is 0 Å². The first-order valence-electron chi connectivity index (χ1n) is 11.3. The number of ketones is 1. The summed E-state index contributed by atoms with van der Waals surface area (Å²) in [6.45, 7) is 4.12. The van der Waals surface area contributed by atoms with Gasteiger partial charge in [0.2, 0.25) is 5.78 Å². The predicted molar refractivity (Wildman–Crippen MR) is 108 cm³/mol. The zero-order valence-electron chi connectivity index (χ0n) is 18.1. The number of rotatable bonds is 5. The van der Waals surface area contributed by atoms with Gasteiger partial charge in [-0.15, -0.1) is 0 Å².